The van der Waals surface area contributed by atoms with Crippen LogP contribution in [-0.4, -0.2) is 32.8 Å². The van der Waals surface area contributed by atoms with Gasteiger partial charge < -0.3 is 5.32 Å². The van der Waals surface area contributed by atoms with E-state index in [1.54, 1.807) is 6.20 Å². The van der Waals surface area contributed by atoms with E-state index in [-0.39, 0.29) is 0 Å². The smallest absolute Gasteiger partial charge is 0.200 e. The second-order valence-electron chi connectivity index (χ2n) is 4.66. The van der Waals surface area contributed by atoms with Crippen molar-refractivity contribution in [3.8, 4) is 11.5 Å². The molecule has 94 valence electrons. The molecule has 1 N–H and O–H groups in total. The largest absolute Gasteiger partial charge is 0.317 e. The first kappa shape index (κ1) is 11.3. The summed E-state index contributed by atoms with van der Waals surface area (Å²) in [5.41, 5.74) is 0.841. The zero-order chi connectivity index (χ0) is 12.4. The molecule has 5 heteroatoms. The summed E-state index contributed by atoms with van der Waals surface area (Å²) >= 11 is 0. The molecule has 5 nitrogen and oxygen atoms in total. The molecule has 0 spiro atoms. The Morgan fingerprint density at radius 3 is 2.83 bits per heavy atom. The van der Waals surface area contributed by atoms with Crippen molar-refractivity contribution in [3.63, 3.8) is 0 Å². The lowest BCUT2D eigenvalue weighted by molar-refractivity contribution is 0.432. The number of rotatable bonds is 2. The lowest BCUT2D eigenvalue weighted by Crippen LogP contribution is -2.27. The van der Waals surface area contributed by atoms with Gasteiger partial charge in [0.05, 0.1) is 0 Å². The lowest BCUT2D eigenvalue weighted by atomic mass is 9.97. The minimum atomic E-state index is 0.515. The molecule has 3 heterocycles. The highest BCUT2D eigenvalue weighted by atomic mass is 15.3. The van der Waals surface area contributed by atoms with Gasteiger partial charge in [-0.15, -0.1) is 5.10 Å². The number of nitrogens with zero attached hydrogens (tertiary/aromatic N) is 4. The summed E-state index contributed by atoms with van der Waals surface area (Å²) in [5, 5.41) is 7.85. The molecule has 3 rings (SSSR count). The third-order valence-corrected chi connectivity index (χ3v) is 3.40. The normalized spacial score (nSPS) is 16.9. The first-order valence-electron chi connectivity index (χ1n) is 6.37. The van der Waals surface area contributed by atoms with Gasteiger partial charge in [0.15, 0.2) is 5.82 Å². The SMILES string of the molecule is Cn1nc(-c2ccccn2)nc1C1CCNCC1. The van der Waals surface area contributed by atoms with Crippen LogP contribution in [-0.2, 0) is 7.05 Å². The number of aromatic nitrogens is 4. The van der Waals surface area contributed by atoms with Crippen LogP contribution < -0.4 is 5.32 Å². The van der Waals surface area contributed by atoms with Gasteiger partial charge in [-0.25, -0.2) is 4.98 Å². The van der Waals surface area contributed by atoms with Gasteiger partial charge >= 0.3 is 0 Å². The van der Waals surface area contributed by atoms with E-state index in [1.807, 2.05) is 29.9 Å². The number of aryl methyl sites for hydroxylation is 1. The minimum absolute atomic E-state index is 0.515. The van der Waals surface area contributed by atoms with Crippen LogP contribution in [0.4, 0.5) is 0 Å². The lowest BCUT2D eigenvalue weighted by Gasteiger charge is -2.21. The second kappa shape index (κ2) is 4.86. The summed E-state index contributed by atoms with van der Waals surface area (Å²) < 4.78 is 1.90. The third-order valence-electron chi connectivity index (χ3n) is 3.40. The van der Waals surface area contributed by atoms with Crippen LogP contribution in [0.1, 0.15) is 24.6 Å². The average molecular weight is 243 g/mol. The monoisotopic (exact) mass is 243 g/mol. The third kappa shape index (κ3) is 2.13. The molecular formula is C13H17N5. The molecular weight excluding hydrogens is 226 g/mol. The summed E-state index contributed by atoms with van der Waals surface area (Å²) in [6.45, 7) is 2.13. The number of pyridine rings is 1. The highest BCUT2D eigenvalue weighted by Gasteiger charge is 2.21. The molecule has 1 aliphatic heterocycles. The molecule has 0 unspecified atom stereocenters. The quantitative estimate of drug-likeness (QED) is 0.865. The van der Waals surface area contributed by atoms with E-state index in [9.17, 15) is 0 Å². The van der Waals surface area contributed by atoms with Crippen molar-refractivity contribution < 1.29 is 0 Å². The summed E-state index contributed by atoms with van der Waals surface area (Å²) in [6, 6.07) is 5.81. The molecule has 0 bridgehead atoms. The maximum absolute atomic E-state index is 4.67. The molecule has 2 aromatic heterocycles. The van der Waals surface area contributed by atoms with Crippen molar-refractivity contribution in [1.29, 1.82) is 0 Å². The Morgan fingerprint density at radius 1 is 1.28 bits per heavy atom. The van der Waals surface area contributed by atoms with E-state index in [2.05, 4.69) is 20.4 Å². The fourth-order valence-electron chi connectivity index (χ4n) is 2.44. The fourth-order valence-corrected chi connectivity index (χ4v) is 2.44. The Morgan fingerprint density at radius 2 is 2.11 bits per heavy atom. The fraction of sp³-hybridized carbons (Fsp3) is 0.462. The summed E-state index contributed by atoms with van der Waals surface area (Å²) in [4.78, 5) is 8.96. The molecule has 0 saturated carbocycles. The van der Waals surface area contributed by atoms with E-state index < -0.39 is 0 Å². The molecule has 2 aromatic rings. The maximum Gasteiger partial charge on any atom is 0.200 e. The van der Waals surface area contributed by atoms with Crippen molar-refractivity contribution in [2.24, 2.45) is 7.05 Å². The number of nitrogens with one attached hydrogen (secondary N) is 1. The number of piperidine rings is 1. The van der Waals surface area contributed by atoms with Crippen LogP contribution in [0.5, 0.6) is 0 Å². The predicted octanol–water partition coefficient (Wildman–Crippen LogP) is 1.34. The van der Waals surface area contributed by atoms with E-state index >= 15 is 0 Å². The van der Waals surface area contributed by atoms with Gasteiger partial charge in [0.1, 0.15) is 11.5 Å². The Balaban J connectivity index is 1.91. The maximum atomic E-state index is 4.67. The predicted molar refractivity (Wildman–Crippen MR) is 69.1 cm³/mol. The van der Waals surface area contributed by atoms with Crippen LogP contribution >= 0.6 is 0 Å². The van der Waals surface area contributed by atoms with Crippen molar-refractivity contribution in [2.75, 3.05) is 13.1 Å². The van der Waals surface area contributed by atoms with Crippen LogP contribution in [0.25, 0.3) is 11.5 Å². The Bertz CT molecular complexity index is 513. The summed E-state index contributed by atoms with van der Waals surface area (Å²) in [5.74, 6) is 2.32. The molecule has 0 atom stereocenters. The highest BCUT2D eigenvalue weighted by Crippen LogP contribution is 2.24. The van der Waals surface area contributed by atoms with Crippen molar-refractivity contribution >= 4 is 0 Å². The zero-order valence-corrected chi connectivity index (χ0v) is 10.5. The molecule has 0 radical (unpaired) electrons. The van der Waals surface area contributed by atoms with Crippen molar-refractivity contribution in [1.82, 2.24) is 25.1 Å². The summed E-state index contributed by atoms with van der Waals surface area (Å²) in [6.07, 6.45) is 4.04. The minimum Gasteiger partial charge on any atom is -0.317 e. The Labute approximate surface area is 106 Å². The summed E-state index contributed by atoms with van der Waals surface area (Å²) in [7, 11) is 1.97. The van der Waals surface area contributed by atoms with E-state index in [1.165, 1.54) is 0 Å². The molecule has 0 aliphatic carbocycles. The van der Waals surface area contributed by atoms with Gasteiger partial charge in [0.25, 0.3) is 0 Å². The second-order valence-corrected chi connectivity index (χ2v) is 4.66. The first-order chi connectivity index (χ1) is 8.84. The molecule has 1 aliphatic rings. The van der Waals surface area contributed by atoms with Gasteiger partial charge in [-0.05, 0) is 38.1 Å². The topological polar surface area (TPSA) is 55.6 Å². The van der Waals surface area contributed by atoms with E-state index in [0.717, 1.165) is 43.3 Å². The molecule has 18 heavy (non-hydrogen) atoms. The number of hydrogen-bond acceptors (Lipinski definition) is 4. The van der Waals surface area contributed by atoms with Crippen LogP contribution in [0.2, 0.25) is 0 Å². The van der Waals surface area contributed by atoms with Crippen LogP contribution in [0.15, 0.2) is 24.4 Å². The first-order valence-corrected chi connectivity index (χ1v) is 6.37. The van der Waals surface area contributed by atoms with E-state index in [4.69, 9.17) is 0 Å². The molecule has 0 amide bonds. The Kier molecular flexibility index (Phi) is 3.06. The Hall–Kier alpha value is -1.75. The van der Waals surface area contributed by atoms with Gasteiger partial charge in [-0.1, -0.05) is 6.07 Å². The molecule has 1 saturated heterocycles. The van der Waals surface area contributed by atoms with Crippen molar-refractivity contribution in [3.05, 3.63) is 30.2 Å². The van der Waals surface area contributed by atoms with Gasteiger partial charge in [-0.3, -0.25) is 9.67 Å². The average Bonchev–Trinajstić information content (AvgIpc) is 2.83. The molecule has 1 fully saturated rings. The van der Waals surface area contributed by atoms with Crippen molar-refractivity contribution in [2.45, 2.75) is 18.8 Å². The van der Waals surface area contributed by atoms with Gasteiger partial charge in [-0.2, -0.15) is 0 Å². The molecule has 0 aromatic carbocycles. The van der Waals surface area contributed by atoms with Crippen LogP contribution in [0.3, 0.4) is 0 Å². The highest BCUT2D eigenvalue weighted by molar-refractivity contribution is 5.47. The standard InChI is InChI=1S/C13H17N5/c1-18-13(10-5-8-14-9-6-10)16-12(17-18)11-4-2-3-7-15-11/h2-4,7,10,14H,5-6,8-9H2,1H3. The van der Waals surface area contributed by atoms with E-state index in [0.29, 0.717) is 5.92 Å². The zero-order valence-electron chi connectivity index (χ0n) is 10.5. The van der Waals surface area contributed by atoms with Gasteiger partial charge in [0.2, 0.25) is 0 Å². The number of hydrogen-bond donors (Lipinski definition) is 1. The van der Waals surface area contributed by atoms with Crippen LogP contribution in [0, 0.1) is 0 Å². The van der Waals surface area contributed by atoms with Gasteiger partial charge in [0, 0.05) is 19.2 Å².